The summed E-state index contributed by atoms with van der Waals surface area (Å²) < 4.78 is 5.56. The highest BCUT2D eigenvalue weighted by Gasteiger charge is 2.15. The normalized spacial score (nSPS) is 12.2. The lowest BCUT2D eigenvalue weighted by Gasteiger charge is -2.10. The fourth-order valence-corrected chi connectivity index (χ4v) is 1.84. The summed E-state index contributed by atoms with van der Waals surface area (Å²) in [7, 11) is 0. The minimum atomic E-state index is -0.653. The van der Waals surface area contributed by atoms with Crippen LogP contribution >= 0.6 is 22.6 Å². The van der Waals surface area contributed by atoms with Crippen LogP contribution in [0.4, 0.5) is 0 Å². The van der Waals surface area contributed by atoms with E-state index >= 15 is 0 Å². The Balaban J connectivity index is 2.66. The first-order valence-electron chi connectivity index (χ1n) is 4.94. The third kappa shape index (κ3) is 3.64. The highest BCUT2D eigenvalue weighted by Crippen LogP contribution is 2.20. The Bertz CT molecular complexity index is 381. The molecule has 88 valence electrons. The number of ether oxygens (including phenoxy) is 1. The molecule has 3 N–H and O–H groups in total. The number of esters is 1. The van der Waals surface area contributed by atoms with E-state index in [2.05, 4.69) is 0 Å². The molecule has 0 saturated heterocycles. The molecule has 0 aromatic heterocycles. The number of carbonyl (C=O) groups is 1. The van der Waals surface area contributed by atoms with Gasteiger partial charge in [0.1, 0.15) is 11.8 Å². The molecule has 0 amide bonds. The van der Waals surface area contributed by atoms with Crippen molar-refractivity contribution in [2.75, 3.05) is 6.61 Å². The topological polar surface area (TPSA) is 72.5 Å². The minimum absolute atomic E-state index is 0.231. The highest BCUT2D eigenvalue weighted by atomic mass is 127. The molecule has 0 aliphatic heterocycles. The second-order valence-corrected chi connectivity index (χ2v) is 4.51. The molecule has 1 rings (SSSR count). The second kappa shape index (κ2) is 6.05. The van der Waals surface area contributed by atoms with Gasteiger partial charge in [-0.15, -0.1) is 0 Å². The lowest BCUT2D eigenvalue weighted by atomic mass is 10.1. The van der Waals surface area contributed by atoms with Gasteiger partial charge in [-0.3, -0.25) is 4.79 Å². The van der Waals surface area contributed by atoms with Gasteiger partial charge >= 0.3 is 5.97 Å². The summed E-state index contributed by atoms with van der Waals surface area (Å²) in [6.07, 6.45) is 0.412. The van der Waals surface area contributed by atoms with Crippen molar-refractivity contribution in [2.45, 2.75) is 19.4 Å². The maximum absolute atomic E-state index is 11.3. The largest absolute Gasteiger partial charge is 0.507 e. The number of hydrogen-bond acceptors (Lipinski definition) is 4. The zero-order valence-corrected chi connectivity index (χ0v) is 11.1. The third-order valence-electron chi connectivity index (χ3n) is 2.06. The maximum Gasteiger partial charge on any atom is 0.323 e. The molecule has 0 bridgehead atoms. The van der Waals surface area contributed by atoms with Crippen molar-refractivity contribution < 1.29 is 14.6 Å². The molecule has 1 aromatic rings. The van der Waals surface area contributed by atoms with E-state index in [0.717, 1.165) is 9.13 Å². The van der Waals surface area contributed by atoms with Gasteiger partial charge in [0.05, 0.1) is 10.2 Å². The van der Waals surface area contributed by atoms with E-state index in [1.807, 2.05) is 22.6 Å². The molecule has 0 fully saturated rings. The van der Waals surface area contributed by atoms with Gasteiger partial charge in [-0.25, -0.2) is 0 Å². The number of benzene rings is 1. The standard InChI is InChI=1S/C11H14INO3/c1-2-16-11(15)9(13)6-7-3-4-10(14)8(12)5-7/h3-5,9,14H,2,6,13H2,1H3/t9-/m0/s1. The average molecular weight is 335 g/mol. The first kappa shape index (κ1) is 13.2. The van der Waals surface area contributed by atoms with Crippen LogP contribution in [-0.4, -0.2) is 23.7 Å². The van der Waals surface area contributed by atoms with Crippen LogP contribution in [0.1, 0.15) is 12.5 Å². The van der Waals surface area contributed by atoms with E-state index in [9.17, 15) is 9.90 Å². The van der Waals surface area contributed by atoms with E-state index in [1.165, 1.54) is 0 Å². The minimum Gasteiger partial charge on any atom is -0.507 e. The van der Waals surface area contributed by atoms with Crippen molar-refractivity contribution >= 4 is 28.6 Å². The van der Waals surface area contributed by atoms with Crippen molar-refractivity contribution in [2.24, 2.45) is 5.73 Å². The van der Waals surface area contributed by atoms with Crippen LogP contribution < -0.4 is 5.73 Å². The van der Waals surface area contributed by atoms with E-state index in [0.29, 0.717) is 13.0 Å². The zero-order valence-electron chi connectivity index (χ0n) is 8.94. The van der Waals surface area contributed by atoms with Crippen LogP contribution in [0.5, 0.6) is 5.75 Å². The predicted octanol–water partition coefficient (Wildman–Crippen LogP) is 1.43. The van der Waals surface area contributed by atoms with Crippen molar-refractivity contribution in [3.05, 3.63) is 27.3 Å². The molecular formula is C11H14INO3. The Morgan fingerprint density at radius 3 is 2.88 bits per heavy atom. The number of halogens is 1. The van der Waals surface area contributed by atoms with E-state index in [4.69, 9.17) is 10.5 Å². The van der Waals surface area contributed by atoms with Crippen molar-refractivity contribution in [3.8, 4) is 5.75 Å². The van der Waals surface area contributed by atoms with Gasteiger partial charge in [0.25, 0.3) is 0 Å². The Labute approximate surface area is 108 Å². The highest BCUT2D eigenvalue weighted by molar-refractivity contribution is 14.1. The van der Waals surface area contributed by atoms with Gasteiger partial charge in [0.2, 0.25) is 0 Å². The van der Waals surface area contributed by atoms with Gasteiger partial charge in [-0.2, -0.15) is 0 Å². The van der Waals surface area contributed by atoms with E-state index in [1.54, 1.807) is 25.1 Å². The summed E-state index contributed by atoms with van der Waals surface area (Å²) in [4.78, 5) is 11.3. The molecule has 16 heavy (non-hydrogen) atoms. The Morgan fingerprint density at radius 1 is 1.62 bits per heavy atom. The molecule has 0 aliphatic carbocycles. The fourth-order valence-electron chi connectivity index (χ4n) is 1.26. The van der Waals surface area contributed by atoms with Crippen molar-refractivity contribution in [3.63, 3.8) is 0 Å². The van der Waals surface area contributed by atoms with Gasteiger partial charge in [-0.05, 0) is 53.6 Å². The number of aromatic hydroxyl groups is 1. The average Bonchev–Trinajstić information content (AvgIpc) is 2.24. The molecule has 4 nitrogen and oxygen atoms in total. The summed E-state index contributed by atoms with van der Waals surface area (Å²) in [5.74, 6) is -0.167. The van der Waals surface area contributed by atoms with Crippen molar-refractivity contribution in [1.82, 2.24) is 0 Å². The number of hydrogen-bond donors (Lipinski definition) is 2. The second-order valence-electron chi connectivity index (χ2n) is 3.35. The van der Waals surface area contributed by atoms with Gasteiger partial charge in [-0.1, -0.05) is 6.07 Å². The summed E-state index contributed by atoms with van der Waals surface area (Å²) in [6.45, 7) is 2.08. The molecule has 1 atom stereocenters. The molecule has 0 spiro atoms. The van der Waals surface area contributed by atoms with Crippen LogP contribution in [0.2, 0.25) is 0 Å². The third-order valence-corrected chi connectivity index (χ3v) is 2.92. The first-order chi connectivity index (χ1) is 7.54. The monoisotopic (exact) mass is 335 g/mol. The first-order valence-corrected chi connectivity index (χ1v) is 6.02. The zero-order chi connectivity index (χ0) is 12.1. The number of phenolic OH excluding ortho intramolecular Hbond substituents is 1. The molecule has 5 heteroatoms. The Kier molecular flexibility index (Phi) is 5.01. The quantitative estimate of drug-likeness (QED) is 0.645. The van der Waals surface area contributed by atoms with E-state index < -0.39 is 12.0 Å². The van der Waals surface area contributed by atoms with Crippen LogP contribution in [0, 0.1) is 3.57 Å². The van der Waals surface area contributed by atoms with Gasteiger partial charge in [0.15, 0.2) is 0 Å². The molecule has 0 heterocycles. The molecule has 0 aliphatic rings. The fraction of sp³-hybridized carbons (Fsp3) is 0.364. The summed E-state index contributed by atoms with van der Waals surface area (Å²) in [5, 5.41) is 9.34. The predicted molar refractivity (Wildman–Crippen MR) is 69.1 cm³/mol. The molecule has 0 unspecified atom stereocenters. The number of phenols is 1. The molecule has 0 saturated carbocycles. The van der Waals surface area contributed by atoms with Gasteiger partial charge in [0, 0.05) is 0 Å². The number of rotatable bonds is 4. The van der Waals surface area contributed by atoms with E-state index in [-0.39, 0.29) is 5.75 Å². The molecule has 1 aromatic carbocycles. The Morgan fingerprint density at radius 2 is 2.31 bits per heavy atom. The summed E-state index contributed by atoms with van der Waals surface area (Å²) in [5.41, 5.74) is 6.59. The van der Waals surface area contributed by atoms with Crippen LogP contribution in [-0.2, 0) is 16.0 Å². The van der Waals surface area contributed by atoms with Gasteiger partial charge < -0.3 is 15.6 Å². The molecule has 0 radical (unpaired) electrons. The number of nitrogens with two attached hydrogens (primary N) is 1. The van der Waals surface area contributed by atoms with Crippen LogP contribution in [0.3, 0.4) is 0 Å². The number of carbonyl (C=O) groups excluding carboxylic acids is 1. The van der Waals surface area contributed by atoms with Crippen LogP contribution in [0.15, 0.2) is 18.2 Å². The van der Waals surface area contributed by atoms with Crippen molar-refractivity contribution in [1.29, 1.82) is 0 Å². The smallest absolute Gasteiger partial charge is 0.323 e. The lowest BCUT2D eigenvalue weighted by Crippen LogP contribution is -2.34. The maximum atomic E-state index is 11.3. The summed E-state index contributed by atoms with van der Waals surface area (Å²) >= 11 is 2.02. The lowest BCUT2D eigenvalue weighted by molar-refractivity contribution is -0.144. The van der Waals surface area contributed by atoms with Crippen LogP contribution in [0.25, 0.3) is 0 Å². The Hall–Kier alpha value is -0.820. The SMILES string of the molecule is CCOC(=O)[C@@H](N)Cc1ccc(O)c(I)c1. The summed E-state index contributed by atoms with van der Waals surface area (Å²) in [6, 6.07) is 4.49. The molecular weight excluding hydrogens is 321 g/mol.